The van der Waals surface area contributed by atoms with Gasteiger partial charge in [0, 0.05) is 17.7 Å². The zero-order valence-corrected chi connectivity index (χ0v) is 11.5. The Morgan fingerprint density at radius 3 is 2.38 bits per heavy atom. The van der Waals surface area contributed by atoms with E-state index in [4.69, 9.17) is 5.73 Å². The highest BCUT2D eigenvalue weighted by molar-refractivity contribution is 6.57. The second-order valence-electron chi connectivity index (χ2n) is 4.83. The standard InChI is InChI=1S/C11H20N2O2Si/c1-7-5-10(14)13(11(7)15)8(2)6-9(12)16(3)4/h5,8-9,16H,6,12H2,1-4H3. The molecular weight excluding hydrogens is 220 g/mol. The molecule has 1 rings (SSSR count). The number of amides is 2. The Morgan fingerprint density at radius 1 is 1.44 bits per heavy atom. The summed E-state index contributed by atoms with van der Waals surface area (Å²) in [7, 11) is -0.909. The van der Waals surface area contributed by atoms with E-state index in [-0.39, 0.29) is 23.5 Å². The quantitative estimate of drug-likeness (QED) is 0.572. The van der Waals surface area contributed by atoms with Crippen LogP contribution in [0.15, 0.2) is 11.6 Å². The van der Waals surface area contributed by atoms with Crippen molar-refractivity contribution < 1.29 is 9.59 Å². The van der Waals surface area contributed by atoms with Crippen molar-refractivity contribution >= 4 is 20.6 Å². The molecule has 4 nitrogen and oxygen atoms in total. The van der Waals surface area contributed by atoms with E-state index in [0.717, 1.165) is 0 Å². The predicted octanol–water partition coefficient (Wildman–Crippen LogP) is 0.433. The molecular formula is C11H20N2O2Si. The van der Waals surface area contributed by atoms with E-state index in [2.05, 4.69) is 13.1 Å². The largest absolute Gasteiger partial charge is 0.330 e. The van der Waals surface area contributed by atoms with Gasteiger partial charge < -0.3 is 5.73 Å². The Kier molecular flexibility index (Phi) is 4.04. The van der Waals surface area contributed by atoms with Crippen molar-refractivity contribution in [3.63, 3.8) is 0 Å². The van der Waals surface area contributed by atoms with Gasteiger partial charge in [-0.25, -0.2) is 0 Å². The molecule has 0 saturated carbocycles. The maximum Gasteiger partial charge on any atom is 0.256 e. The van der Waals surface area contributed by atoms with Gasteiger partial charge >= 0.3 is 0 Å². The van der Waals surface area contributed by atoms with Crippen LogP contribution < -0.4 is 5.73 Å². The first-order valence-electron chi connectivity index (χ1n) is 5.66. The summed E-state index contributed by atoms with van der Waals surface area (Å²) in [5.74, 6) is -0.372. The van der Waals surface area contributed by atoms with Crippen LogP contribution in [0.1, 0.15) is 20.3 Å². The number of hydrogen-bond acceptors (Lipinski definition) is 3. The SMILES string of the molecule is CC1=CC(=O)N(C(C)CC(N)[SiH](C)C)C1=O. The predicted molar refractivity (Wildman–Crippen MR) is 66.5 cm³/mol. The van der Waals surface area contributed by atoms with Crippen molar-refractivity contribution in [1.82, 2.24) is 4.90 Å². The van der Waals surface area contributed by atoms with Crippen LogP contribution >= 0.6 is 0 Å². The molecule has 1 aliphatic heterocycles. The van der Waals surface area contributed by atoms with Crippen molar-refractivity contribution in [3.8, 4) is 0 Å². The fourth-order valence-electron chi connectivity index (χ4n) is 1.80. The van der Waals surface area contributed by atoms with E-state index < -0.39 is 8.80 Å². The van der Waals surface area contributed by atoms with E-state index in [1.165, 1.54) is 11.0 Å². The van der Waals surface area contributed by atoms with Gasteiger partial charge in [-0.05, 0) is 25.9 Å². The minimum atomic E-state index is -0.909. The first-order chi connectivity index (χ1) is 7.34. The number of nitrogens with zero attached hydrogens (tertiary/aromatic N) is 1. The van der Waals surface area contributed by atoms with Crippen LogP contribution in [0.3, 0.4) is 0 Å². The zero-order valence-electron chi connectivity index (χ0n) is 10.4. The minimum absolute atomic E-state index is 0.0985. The lowest BCUT2D eigenvalue weighted by molar-refractivity contribution is -0.139. The van der Waals surface area contributed by atoms with Crippen LogP contribution in [0.4, 0.5) is 0 Å². The van der Waals surface area contributed by atoms with Gasteiger partial charge in [0.05, 0.1) is 8.80 Å². The molecule has 16 heavy (non-hydrogen) atoms. The molecule has 0 aliphatic carbocycles. The molecule has 0 radical (unpaired) electrons. The molecule has 2 N–H and O–H groups in total. The molecule has 5 heteroatoms. The molecule has 0 bridgehead atoms. The summed E-state index contributed by atoms with van der Waals surface area (Å²) in [4.78, 5) is 24.6. The Morgan fingerprint density at radius 2 is 2.00 bits per heavy atom. The van der Waals surface area contributed by atoms with Crippen LogP contribution in [-0.2, 0) is 9.59 Å². The number of imide groups is 1. The molecule has 1 heterocycles. The third kappa shape index (κ3) is 2.59. The van der Waals surface area contributed by atoms with E-state index in [9.17, 15) is 9.59 Å². The summed E-state index contributed by atoms with van der Waals surface area (Å²) in [5.41, 5.74) is 6.68. The Hall–Kier alpha value is -0.943. The number of carbonyl (C=O) groups excluding carboxylic acids is 2. The monoisotopic (exact) mass is 240 g/mol. The Bertz CT molecular complexity index is 339. The third-order valence-electron chi connectivity index (χ3n) is 3.04. The van der Waals surface area contributed by atoms with Gasteiger partial charge in [-0.1, -0.05) is 13.1 Å². The van der Waals surface area contributed by atoms with E-state index in [1.807, 2.05) is 6.92 Å². The molecule has 2 atom stereocenters. The Labute approximate surface area is 98.1 Å². The highest BCUT2D eigenvalue weighted by Gasteiger charge is 2.33. The molecule has 1 aliphatic rings. The molecule has 0 fully saturated rings. The van der Waals surface area contributed by atoms with Crippen LogP contribution in [0.2, 0.25) is 13.1 Å². The zero-order chi connectivity index (χ0) is 12.5. The lowest BCUT2D eigenvalue weighted by Gasteiger charge is -2.26. The second-order valence-corrected chi connectivity index (χ2v) is 8.18. The van der Waals surface area contributed by atoms with Crippen molar-refractivity contribution in [2.45, 2.75) is 45.1 Å². The van der Waals surface area contributed by atoms with Gasteiger partial charge in [0.2, 0.25) is 0 Å². The summed E-state index contributed by atoms with van der Waals surface area (Å²) in [5, 5.41) is 0. The number of hydrogen-bond donors (Lipinski definition) is 1. The van der Waals surface area contributed by atoms with Crippen LogP contribution in [0, 0.1) is 0 Å². The minimum Gasteiger partial charge on any atom is -0.330 e. The molecule has 90 valence electrons. The molecule has 0 saturated heterocycles. The fraction of sp³-hybridized carbons (Fsp3) is 0.636. The second kappa shape index (κ2) is 4.93. The van der Waals surface area contributed by atoms with Crippen LogP contribution in [0.25, 0.3) is 0 Å². The number of carbonyl (C=O) groups is 2. The van der Waals surface area contributed by atoms with Crippen molar-refractivity contribution in [1.29, 1.82) is 0 Å². The summed E-state index contributed by atoms with van der Waals surface area (Å²) < 4.78 is 0. The molecule has 2 unspecified atom stereocenters. The topological polar surface area (TPSA) is 63.4 Å². The molecule has 0 spiro atoms. The van der Waals surface area contributed by atoms with Gasteiger partial charge in [0.1, 0.15) is 0 Å². The molecule has 0 aromatic rings. The van der Waals surface area contributed by atoms with E-state index in [1.54, 1.807) is 6.92 Å². The molecule has 2 amide bonds. The first kappa shape index (κ1) is 13.1. The molecule has 0 aromatic carbocycles. The summed E-state index contributed by atoms with van der Waals surface area (Å²) in [6, 6.07) is -0.0985. The maximum atomic E-state index is 11.7. The van der Waals surface area contributed by atoms with Crippen molar-refractivity contribution in [2.75, 3.05) is 0 Å². The molecule has 0 aromatic heterocycles. The van der Waals surface area contributed by atoms with E-state index in [0.29, 0.717) is 12.0 Å². The fourth-order valence-corrected chi connectivity index (χ4v) is 2.73. The van der Waals surface area contributed by atoms with Gasteiger partial charge in [0.15, 0.2) is 0 Å². The third-order valence-corrected chi connectivity index (χ3v) is 5.03. The first-order valence-corrected chi connectivity index (χ1v) is 8.63. The smallest absolute Gasteiger partial charge is 0.256 e. The van der Waals surface area contributed by atoms with Gasteiger partial charge in [-0.2, -0.15) is 0 Å². The number of nitrogens with two attached hydrogens (primary N) is 1. The summed E-state index contributed by atoms with van der Waals surface area (Å²) in [6.45, 7) is 7.91. The average molecular weight is 240 g/mol. The van der Waals surface area contributed by atoms with Crippen LogP contribution in [0.5, 0.6) is 0 Å². The number of rotatable bonds is 4. The highest BCUT2D eigenvalue weighted by atomic mass is 28.3. The van der Waals surface area contributed by atoms with Gasteiger partial charge in [0.25, 0.3) is 11.8 Å². The summed E-state index contributed by atoms with van der Waals surface area (Å²) >= 11 is 0. The highest BCUT2D eigenvalue weighted by Crippen LogP contribution is 2.18. The Balaban J connectivity index is 2.66. The van der Waals surface area contributed by atoms with Crippen LogP contribution in [-0.4, -0.2) is 37.2 Å². The van der Waals surface area contributed by atoms with E-state index >= 15 is 0 Å². The maximum absolute atomic E-state index is 11.7. The van der Waals surface area contributed by atoms with Gasteiger partial charge in [-0.3, -0.25) is 14.5 Å². The normalized spacial score (nSPS) is 20.4. The lowest BCUT2D eigenvalue weighted by Crippen LogP contribution is -2.45. The van der Waals surface area contributed by atoms with Crippen molar-refractivity contribution in [2.24, 2.45) is 5.73 Å². The van der Waals surface area contributed by atoms with Crippen molar-refractivity contribution in [3.05, 3.63) is 11.6 Å². The average Bonchev–Trinajstić information content (AvgIpc) is 2.40. The lowest BCUT2D eigenvalue weighted by atomic mass is 10.2. The van der Waals surface area contributed by atoms with Gasteiger partial charge in [-0.15, -0.1) is 0 Å². The summed E-state index contributed by atoms with van der Waals surface area (Å²) in [6.07, 6.45) is 2.11.